The van der Waals surface area contributed by atoms with Crippen LogP contribution in [0.4, 0.5) is 0 Å². The van der Waals surface area contributed by atoms with Gasteiger partial charge in [0.2, 0.25) is 5.91 Å². The van der Waals surface area contributed by atoms with Crippen molar-refractivity contribution in [1.29, 1.82) is 0 Å². The summed E-state index contributed by atoms with van der Waals surface area (Å²) >= 11 is 0. The third-order valence-electron chi connectivity index (χ3n) is 1.36. The van der Waals surface area contributed by atoms with Crippen LogP contribution in [0.25, 0.3) is 0 Å². The Bertz CT molecular complexity index is 128. The fourth-order valence-corrected chi connectivity index (χ4v) is 0.856. The first-order valence-corrected chi connectivity index (χ1v) is 4.19. The fourth-order valence-electron chi connectivity index (χ4n) is 0.856. The Hall–Kier alpha value is -0.610. The van der Waals surface area contributed by atoms with Crippen LogP contribution in [0.3, 0.4) is 0 Å². The van der Waals surface area contributed by atoms with Gasteiger partial charge >= 0.3 is 0 Å². The summed E-state index contributed by atoms with van der Waals surface area (Å²) in [5.74, 6) is 0.0152. The summed E-state index contributed by atoms with van der Waals surface area (Å²) in [6.07, 6.45) is 0. The molecule has 4 heteroatoms. The van der Waals surface area contributed by atoms with Crippen LogP contribution in [-0.4, -0.2) is 38.8 Å². The molecular formula is C8H18N2O2. The number of rotatable bonds is 6. The van der Waals surface area contributed by atoms with Crippen molar-refractivity contribution in [3.63, 3.8) is 0 Å². The molecule has 0 spiro atoms. The molecule has 4 nitrogen and oxygen atoms in total. The molecule has 0 fully saturated rings. The lowest BCUT2D eigenvalue weighted by molar-refractivity contribution is -0.121. The largest absolute Gasteiger partial charge is 0.383 e. The second-order valence-corrected chi connectivity index (χ2v) is 2.70. The number of hydrogen-bond acceptors (Lipinski definition) is 3. The van der Waals surface area contributed by atoms with Crippen molar-refractivity contribution in [2.24, 2.45) is 0 Å². The molecule has 0 saturated heterocycles. The first-order valence-electron chi connectivity index (χ1n) is 4.19. The number of methoxy groups -OCH3 is 1. The van der Waals surface area contributed by atoms with Crippen LogP contribution in [-0.2, 0) is 9.53 Å². The van der Waals surface area contributed by atoms with E-state index >= 15 is 0 Å². The minimum atomic E-state index is 0.0152. The van der Waals surface area contributed by atoms with Gasteiger partial charge in [0.05, 0.1) is 13.2 Å². The molecule has 0 unspecified atom stereocenters. The number of amides is 1. The molecule has 0 rings (SSSR count). The Kier molecular flexibility index (Phi) is 6.70. The molecule has 0 bridgehead atoms. The van der Waals surface area contributed by atoms with E-state index in [1.54, 1.807) is 7.11 Å². The highest BCUT2D eigenvalue weighted by molar-refractivity contribution is 5.78. The Balaban J connectivity index is 3.40. The maximum absolute atomic E-state index is 11.1. The van der Waals surface area contributed by atoms with Crippen molar-refractivity contribution in [1.82, 2.24) is 10.6 Å². The Morgan fingerprint density at radius 3 is 2.75 bits per heavy atom. The molecule has 0 aliphatic heterocycles. The van der Waals surface area contributed by atoms with E-state index in [2.05, 4.69) is 10.6 Å². The van der Waals surface area contributed by atoms with Crippen molar-refractivity contribution in [2.75, 3.05) is 26.8 Å². The zero-order valence-electron chi connectivity index (χ0n) is 8.02. The summed E-state index contributed by atoms with van der Waals surface area (Å²) in [5.41, 5.74) is 0. The zero-order valence-corrected chi connectivity index (χ0v) is 8.02. The Morgan fingerprint density at radius 1 is 1.58 bits per heavy atom. The molecule has 0 aliphatic rings. The molecule has 12 heavy (non-hydrogen) atoms. The maximum Gasteiger partial charge on any atom is 0.234 e. The topological polar surface area (TPSA) is 50.4 Å². The van der Waals surface area contributed by atoms with E-state index < -0.39 is 0 Å². The molecule has 0 heterocycles. The van der Waals surface area contributed by atoms with Crippen molar-refractivity contribution < 1.29 is 9.53 Å². The summed E-state index contributed by atoms with van der Waals surface area (Å²) < 4.78 is 4.87. The number of ether oxygens (including phenoxy) is 1. The minimum absolute atomic E-state index is 0.0152. The Morgan fingerprint density at radius 2 is 2.25 bits per heavy atom. The van der Waals surface area contributed by atoms with Crippen LogP contribution < -0.4 is 10.6 Å². The van der Waals surface area contributed by atoms with Gasteiger partial charge in [0, 0.05) is 13.2 Å². The third kappa shape index (κ3) is 6.12. The standard InChI is InChI=1S/C8H18N2O2/c1-4-9-5-8(11)10-7(2)6-12-3/h7,9H,4-6H2,1-3H3,(H,10,11)/t7-/m0/s1. The lowest BCUT2D eigenvalue weighted by Crippen LogP contribution is -2.40. The summed E-state index contributed by atoms with van der Waals surface area (Å²) in [5, 5.41) is 5.73. The number of carbonyl (C=O) groups is 1. The highest BCUT2D eigenvalue weighted by Gasteiger charge is 2.04. The van der Waals surface area contributed by atoms with Crippen LogP contribution in [0.15, 0.2) is 0 Å². The van der Waals surface area contributed by atoms with E-state index in [9.17, 15) is 4.79 Å². The van der Waals surface area contributed by atoms with Gasteiger partial charge < -0.3 is 15.4 Å². The van der Waals surface area contributed by atoms with Gasteiger partial charge in [-0.3, -0.25) is 4.79 Å². The molecule has 0 aromatic heterocycles. The number of likely N-dealkylation sites (N-methyl/N-ethyl adjacent to an activating group) is 1. The highest BCUT2D eigenvalue weighted by Crippen LogP contribution is 1.81. The smallest absolute Gasteiger partial charge is 0.234 e. The summed E-state index contributed by atoms with van der Waals surface area (Å²) in [7, 11) is 1.62. The van der Waals surface area contributed by atoms with E-state index in [1.807, 2.05) is 13.8 Å². The van der Waals surface area contributed by atoms with Crippen molar-refractivity contribution in [3.05, 3.63) is 0 Å². The second kappa shape index (κ2) is 7.06. The van der Waals surface area contributed by atoms with E-state index in [0.717, 1.165) is 6.54 Å². The molecule has 0 aromatic rings. The van der Waals surface area contributed by atoms with Gasteiger partial charge in [0.15, 0.2) is 0 Å². The van der Waals surface area contributed by atoms with Gasteiger partial charge in [0.1, 0.15) is 0 Å². The number of carbonyl (C=O) groups excluding carboxylic acids is 1. The van der Waals surface area contributed by atoms with E-state index in [1.165, 1.54) is 0 Å². The minimum Gasteiger partial charge on any atom is -0.383 e. The van der Waals surface area contributed by atoms with Crippen molar-refractivity contribution in [2.45, 2.75) is 19.9 Å². The molecule has 0 radical (unpaired) electrons. The molecule has 0 aromatic carbocycles. The van der Waals surface area contributed by atoms with Gasteiger partial charge in [-0.05, 0) is 13.5 Å². The fraction of sp³-hybridized carbons (Fsp3) is 0.875. The van der Waals surface area contributed by atoms with Crippen molar-refractivity contribution in [3.8, 4) is 0 Å². The molecule has 1 amide bonds. The zero-order chi connectivity index (χ0) is 9.40. The quantitative estimate of drug-likeness (QED) is 0.583. The predicted octanol–water partition coefficient (Wildman–Crippen LogP) is -0.253. The molecule has 0 aliphatic carbocycles. The van der Waals surface area contributed by atoms with Crippen LogP contribution >= 0.6 is 0 Å². The van der Waals surface area contributed by atoms with Gasteiger partial charge in [-0.2, -0.15) is 0 Å². The first kappa shape index (κ1) is 11.4. The lowest BCUT2D eigenvalue weighted by Gasteiger charge is -2.12. The second-order valence-electron chi connectivity index (χ2n) is 2.70. The van der Waals surface area contributed by atoms with Gasteiger partial charge in [-0.1, -0.05) is 6.92 Å². The van der Waals surface area contributed by atoms with Gasteiger partial charge in [0.25, 0.3) is 0 Å². The first-order chi connectivity index (χ1) is 5.70. The van der Waals surface area contributed by atoms with E-state index in [-0.39, 0.29) is 11.9 Å². The SMILES string of the molecule is CCNCC(=O)N[C@@H](C)COC. The monoisotopic (exact) mass is 174 g/mol. The summed E-state index contributed by atoms with van der Waals surface area (Å²) in [4.78, 5) is 11.1. The van der Waals surface area contributed by atoms with Crippen LogP contribution in [0, 0.1) is 0 Å². The van der Waals surface area contributed by atoms with Gasteiger partial charge in [-0.15, -0.1) is 0 Å². The number of hydrogen-bond donors (Lipinski definition) is 2. The van der Waals surface area contributed by atoms with E-state index in [0.29, 0.717) is 13.2 Å². The third-order valence-corrected chi connectivity index (χ3v) is 1.36. The summed E-state index contributed by atoms with van der Waals surface area (Å²) in [6, 6.07) is 0.0844. The van der Waals surface area contributed by atoms with E-state index in [4.69, 9.17) is 4.74 Å². The average Bonchev–Trinajstić information content (AvgIpc) is 2.01. The predicted molar refractivity (Wildman–Crippen MR) is 48.0 cm³/mol. The van der Waals surface area contributed by atoms with Crippen LogP contribution in [0.2, 0.25) is 0 Å². The molecule has 1 atom stereocenters. The molecule has 72 valence electrons. The molecule has 2 N–H and O–H groups in total. The normalized spacial score (nSPS) is 12.6. The Labute approximate surface area is 73.7 Å². The highest BCUT2D eigenvalue weighted by atomic mass is 16.5. The van der Waals surface area contributed by atoms with Gasteiger partial charge in [-0.25, -0.2) is 0 Å². The molecular weight excluding hydrogens is 156 g/mol. The summed E-state index contributed by atoms with van der Waals surface area (Å²) in [6.45, 7) is 5.62. The maximum atomic E-state index is 11.1. The number of nitrogens with one attached hydrogen (secondary N) is 2. The average molecular weight is 174 g/mol. The van der Waals surface area contributed by atoms with Crippen LogP contribution in [0.5, 0.6) is 0 Å². The van der Waals surface area contributed by atoms with Crippen molar-refractivity contribution >= 4 is 5.91 Å². The van der Waals surface area contributed by atoms with Crippen LogP contribution in [0.1, 0.15) is 13.8 Å². The lowest BCUT2D eigenvalue weighted by atomic mass is 10.3. The molecule has 0 saturated carbocycles.